The van der Waals surface area contributed by atoms with Crippen LogP contribution in [0.1, 0.15) is 60.7 Å². The maximum absolute atomic E-state index is 13.8. The molecule has 2 aromatic heterocycles. The van der Waals surface area contributed by atoms with Crippen molar-refractivity contribution in [3.8, 4) is 0 Å². The second kappa shape index (κ2) is 13.0. The van der Waals surface area contributed by atoms with Gasteiger partial charge >= 0.3 is 18.4 Å². The Morgan fingerprint density at radius 3 is 2.24 bits per heavy atom. The Bertz CT molecular complexity index is 1500. The number of benzene rings is 1. The quantitative estimate of drug-likeness (QED) is 0.257. The number of aryl methyl sites for hydroxylation is 2. The lowest BCUT2D eigenvalue weighted by molar-refractivity contribution is -0.143. The molecule has 3 aromatic rings. The van der Waals surface area contributed by atoms with Crippen LogP contribution in [0.5, 0.6) is 0 Å². The molecule has 2 aliphatic heterocycles. The Labute approximate surface area is 262 Å². The van der Waals surface area contributed by atoms with Gasteiger partial charge in [0.15, 0.2) is 0 Å². The first-order chi connectivity index (χ1) is 21.7. The number of nitrogens with zero attached hydrogens (tertiary/aromatic N) is 6. The van der Waals surface area contributed by atoms with Gasteiger partial charge in [-0.3, -0.25) is 9.58 Å². The zero-order valence-corrected chi connectivity index (χ0v) is 26.0. The molecule has 46 heavy (non-hydrogen) atoms. The minimum atomic E-state index is -5.00. The number of ether oxygens (including phenoxy) is 2. The highest BCUT2D eigenvalue weighted by atomic mass is 19.4. The molecule has 1 aromatic carbocycles. The SMILES string of the molecule is CCOC(=O)N1c2c(c(C)nn2C)C(N(Cc2cc(C(F)(F)F)cc(C(F)(F)F)c2)c2ccc(N3CCOCC3)cn2)CC1CC. The van der Waals surface area contributed by atoms with Gasteiger partial charge in [-0.2, -0.15) is 31.4 Å². The Morgan fingerprint density at radius 1 is 1.04 bits per heavy atom. The number of pyridine rings is 1. The molecule has 15 heteroatoms. The largest absolute Gasteiger partial charge is 0.449 e. The van der Waals surface area contributed by atoms with E-state index < -0.39 is 41.7 Å². The van der Waals surface area contributed by atoms with Crippen LogP contribution in [0.25, 0.3) is 0 Å². The van der Waals surface area contributed by atoms with Gasteiger partial charge in [-0.05, 0) is 62.6 Å². The first-order valence-corrected chi connectivity index (χ1v) is 15.1. The van der Waals surface area contributed by atoms with Gasteiger partial charge in [0, 0.05) is 38.3 Å². The smallest absolute Gasteiger partial charge is 0.416 e. The second-order valence-electron chi connectivity index (χ2n) is 11.3. The van der Waals surface area contributed by atoms with Crippen LogP contribution in [0.4, 0.5) is 48.5 Å². The van der Waals surface area contributed by atoms with Crippen molar-refractivity contribution in [2.75, 3.05) is 47.6 Å². The van der Waals surface area contributed by atoms with E-state index in [0.29, 0.717) is 62.0 Å². The molecule has 250 valence electrons. The van der Waals surface area contributed by atoms with E-state index in [9.17, 15) is 31.1 Å². The van der Waals surface area contributed by atoms with Gasteiger partial charge in [0.2, 0.25) is 0 Å². The van der Waals surface area contributed by atoms with E-state index in [1.807, 2.05) is 13.0 Å². The number of carbonyl (C=O) groups excluding carboxylic acids is 1. The topological polar surface area (TPSA) is 76.0 Å². The molecule has 0 radical (unpaired) electrons. The monoisotopic (exact) mass is 654 g/mol. The van der Waals surface area contributed by atoms with E-state index in [2.05, 4.69) is 15.0 Å². The average Bonchev–Trinajstić information content (AvgIpc) is 3.32. The third-order valence-electron chi connectivity index (χ3n) is 8.37. The first-order valence-electron chi connectivity index (χ1n) is 15.1. The summed E-state index contributed by atoms with van der Waals surface area (Å²) < 4.78 is 95.4. The third-order valence-corrected chi connectivity index (χ3v) is 8.37. The molecule has 2 aliphatic rings. The minimum absolute atomic E-state index is 0.123. The molecule has 0 aliphatic carbocycles. The highest BCUT2D eigenvalue weighted by Crippen LogP contribution is 2.45. The number of halogens is 6. The van der Waals surface area contributed by atoms with Crippen LogP contribution in [-0.4, -0.2) is 59.8 Å². The predicted octanol–water partition coefficient (Wildman–Crippen LogP) is 6.89. The number of aromatic nitrogens is 3. The third kappa shape index (κ3) is 6.74. The zero-order valence-electron chi connectivity index (χ0n) is 26.0. The summed E-state index contributed by atoms with van der Waals surface area (Å²) >= 11 is 0. The molecule has 0 N–H and O–H groups in total. The Morgan fingerprint density at radius 2 is 1.70 bits per heavy atom. The summed E-state index contributed by atoms with van der Waals surface area (Å²) in [6, 6.07) is 4.14. The lowest BCUT2D eigenvalue weighted by atomic mass is 9.90. The van der Waals surface area contributed by atoms with E-state index in [0.717, 1.165) is 17.8 Å². The minimum Gasteiger partial charge on any atom is -0.449 e. The van der Waals surface area contributed by atoms with Crippen molar-refractivity contribution in [1.82, 2.24) is 14.8 Å². The summed E-state index contributed by atoms with van der Waals surface area (Å²) in [5, 5.41) is 4.56. The molecule has 5 rings (SSSR count). The van der Waals surface area contributed by atoms with Crippen molar-refractivity contribution in [3.63, 3.8) is 0 Å². The van der Waals surface area contributed by atoms with Crippen LogP contribution in [0, 0.1) is 6.92 Å². The number of rotatable bonds is 7. The highest BCUT2D eigenvalue weighted by Gasteiger charge is 2.43. The van der Waals surface area contributed by atoms with E-state index in [1.54, 1.807) is 42.7 Å². The van der Waals surface area contributed by atoms with Crippen LogP contribution in [-0.2, 0) is 35.4 Å². The number of amides is 1. The summed E-state index contributed by atoms with van der Waals surface area (Å²) in [6.45, 7) is 7.55. The number of alkyl halides is 6. The Balaban J connectivity index is 1.65. The average molecular weight is 655 g/mol. The van der Waals surface area contributed by atoms with Crippen LogP contribution < -0.4 is 14.7 Å². The highest BCUT2D eigenvalue weighted by molar-refractivity contribution is 5.89. The predicted molar refractivity (Wildman–Crippen MR) is 159 cm³/mol. The molecular weight excluding hydrogens is 618 g/mol. The second-order valence-corrected chi connectivity index (χ2v) is 11.3. The number of hydrogen-bond donors (Lipinski definition) is 0. The molecule has 0 bridgehead atoms. The van der Waals surface area contributed by atoms with Crippen LogP contribution >= 0.6 is 0 Å². The molecule has 2 unspecified atom stereocenters. The van der Waals surface area contributed by atoms with Crippen molar-refractivity contribution in [3.05, 3.63) is 64.5 Å². The normalized spacial score (nSPS) is 18.8. The fourth-order valence-electron chi connectivity index (χ4n) is 6.27. The van der Waals surface area contributed by atoms with Crippen LogP contribution in [0.3, 0.4) is 0 Å². The van der Waals surface area contributed by atoms with Gasteiger partial charge in [-0.15, -0.1) is 0 Å². The van der Waals surface area contributed by atoms with Gasteiger partial charge in [0.1, 0.15) is 11.6 Å². The molecular formula is C31H36F6N6O3. The van der Waals surface area contributed by atoms with Gasteiger partial charge in [-0.25, -0.2) is 9.78 Å². The summed E-state index contributed by atoms with van der Waals surface area (Å²) in [5.41, 5.74) is -0.995. The summed E-state index contributed by atoms with van der Waals surface area (Å²) in [6.07, 6.45) is -8.12. The van der Waals surface area contributed by atoms with Crippen LogP contribution in [0.15, 0.2) is 36.5 Å². The maximum Gasteiger partial charge on any atom is 0.416 e. The molecule has 2 atom stereocenters. The number of morpholine rings is 1. The molecule has 0 saturated carbocycles. The zero-order chi connectivity index (χ0) is 33.4. The molecule has 1 fully saturated rings. The van der Waals surface area contributed by atoms with Crippen molar-refractivity contribution in [2.24, 2.45) is 7.05 Å². The summed E-state index contributed by atoms with van der Waals surface area (Å²) in [4.78, 5) is 23.2. The molecule has 4 heterocycles. The first kappa shape index (κ1) is 33.4. The lowest BCUT2D eigenvalue weighted by Gasteiger charge is -2.43. The van der Waals surface area contributed by atoms with Crippen LogP contribution in [0.2, 0.25) is 0 Å². The summed E-state index contributed by atoms with van der Waals surface area (Å²) in [7, 11) is 1.68. The fraction of sp³-hybridized carbons (Fsp3) is 0.516. The van der Waals surface area contributed by atoms with Crippen molar-refractivity contribution in [2.45, 2.75) is 64.6 Å². The van der Waals surface area contributed by atoms with E-state index in [4.69, 9.17) is 9.47 Å². The van der Waals surface area contributed by atoms with Gasteiger partial charge in [0.25, 0.3) is 0 Å². The Hall–Kier alpha value is -4.01. The molecule has 1 saturated heterocycles. The fourth-order valence-corrected chi connectivity index (χ4v) is 6.27. The standard InChI is InChI=1S/C31H36F6N6O3/c1-5-23-16-25(27-19(3)39-40(4)28(27)43(23)29(44)46-6-2)42(26-8-7-24(17-38-26)41-9-11-45-12-10-41)18-20-13-21(30(32,33)34)15-22(14-20)31(35,36)37/h7-8,13-15,17,23,25H,5-6,9-12,16,18H2,1-4H3. The van der Waals surface area contributed by atoms with E-state index in [1.165, 1.54) is 4.90 Å². The van der Waals surface area contributed by atoms with Crippen molar-refractivity contribution >= 4 is 23.4 Å². The maximum atomic E-state index is 13.8. The van der Waals surface area contributed by atoms with E-state index in [-0.39, 0.29) is 24.8 Å². The van der Waals surface area contributed by atoms with Gasteiger partial charge < -0.3 is 19.3 Å². The lowest BCUT2D eigenvalue weighted by Crippen LogP contribution is -2.48. The number of anilines is 3. The number of hydrogen-bond acceptors (Lipinski definition) is 7. The number of fused-ring (bicyclic) bond motifs is 1. The molecule has 0 spiro atoms. The van der Waals surface area contributed by atoms with Gasteiger partial charge in [0.05, 0.1) is 54.6 Å². The van der Waals surface area contributed by atoms with E-state index >= 15 is 0 Å². The molecule has 1 amide bonds. The summed E-state index contributed by atoms with van der Waals surface area (Å²) in [5.74, 6) is 0.802. The number of carbonyl (C=O) groups is 1. The van der Waals surface area contributed by atoms with Crippen molar-refractivity contribution < 1.29 is 40.6 Å². The van der Waals surface area contributed by atoms with Crippen molar-refractivity contribution in [1.29, 1.82) is 0 Å². The Kier molecular flexibility index (Phi) is 9.43. The molecule has 9 nitrogen and oxygen atoms in total. The van der Waals surface area contributed by atoms with Gasteiger partial charge in [-0.1, -0.05) is 6.92 Å².